The number of amides is 1. The van der Waals surface area contributed by atoms with Crippen molar-refractivity contribution in [1.82, 2.24) is 4.90 Å². The fourth-order valence-corrected chi connectivity index (χ4v) is 0.958. The molecule has 0 bridgehead atoms. The van der Waals surface area contributed by atoms with Gasteiger partial charge in [0.15, 0.2) is 0 Å². The molecule has 0 spiro atoms. The first-order valence-corrected chi connectivity index (χ1v) is 3.13. The minimum atomic E-state index is 0.0902. The third kappa shape index (κ3) is 1.39. The second kappa shape index (κ2) is 3.08. The maximum atomic E-state index is 10.8. The van der Waals surface area contributed by atoms with Crippen LogP contribution in [0.5, 0.6) is 0 Å². The SMILES string of the molecule is [N-]=[N+]=NCN1CCCC1=O. The number of nitrogens with zero attached hydrogens (tertiary/aromatic N) is 4. The molecule has 10 heavy (non-hydrogen) atoms. The van der Waals surface area contributed by atoms with Gasteiger partial charge in [0, 0.05) is 17.9 Å². The Hall–Kier alpha value is -1.22. The van der Waals surface area contributed by atoms with Crippen LogP contribution in [0.2, 0.25) is 0 Å². The van der Waals surface area contributed by atoms with Crippen LogP contribution in [0, 0.1) is 0 Å². The highest BCUT2D eigenvalue weighted by Crippen LogP contribution is 2.08. The van der Waals surface area contributed by atoms with Gasteiger partial charge in [-0.2, -0.15) is 0 Å². The van der Waals surface area contributed by atoms with Gasteiger partial charge >= 0.3 is 0 Å². The zero-order valence-corrected chi connectivity index (χ0v) is 5.53. The van der Waals surface area contributed by atoms with E-state index < -0.39 is 0 Å². The highest BCUT2D eigenvalue weighted by Gasteiger charge is 2.18. The summed E-state index contributed by atoms with van der Waals surface area (Å²) < 4.78 is 0. The molecule has 1 fully saturated rings. The number of azide groups is 1. The smallest absolute Gasteiger partial charge is 0.222 e. The molecule has 1 amide bonds. The molecule has 0 aliphatic carbocycles. The van der Waals surface area contributed by atoms with Crippen LogP contribution in [0.3, 0.4) is 0 Å². The Morgan fingerprint density at radius 1 is 1.80 bits per heavy atom. The number of carbonyl (C=O) groups is 1. The topological polar surface area (TPSA) is 69.1 Å². The summed E-state index contributed by atoms with van der Waals surface area (Å²) in [6.45, 7) is 0.924. The normalized spacial score (nSPS) is 17.2. The molecular weight excluding hydrogens is 132 g/mol. The molecule has 0 aromatic rings. The summed E-state index contributed by atoms with van der Waals surface area (Å²) in [6, 6.07) is 0. The number of hydrogen-bond donors (Lipinski definition) is 0. The van der Waals surface area contributed by atoms with E-state index in [1.54, 1.807) is 4.90 Å². The van der Waals surface area contributed by atoms with E-state index in [1.807, 2.05) is 0 Å². The summed E-state index contributed by atoms with van der Waals surface area (Å²) in [4.78, 5) is 14.9. The minimum absolute atomic E-state index is 0.0902. The second-order valence-corrected chi connectivity index (χ2v) is 2.13. The Morgan fingerprint density at radius 3 is 3.10 bits per heavy atom. The zero-order chi connectivity index (χ0) is 7.40. The van der Waals surface area contributed by atoms with Crippen molar-refractivity contribution >= 4 is 5.91 Å². The molecule has 1 aliphatic heterocycles. The van der Waals surface area contributed by atoms with Crippen molar-refractivity contribution in [3.8, 4) is 0 Å². The Kier molecular flexibility index (Phi) is 2.12. The quantitative estimate of drug-likeness (QED) is 0.319. The van der Waals surface area contributed by atoms with E-state index in [1.165, 1.54) is 0 Å². The van der Waals surface area contributed by atoms with Crippen molar-refractivity contribution in [2.75, 3.05) is 13.2 Å². The fraction of sp³-hybridized carbons (Fsp3) is 0.800. The molecule has 0 N–H and O–H groups in total. The van der Waals surface area contributed by atoms with Gasteiger partial charge in [-0.05, 0) is 12.0 Å². The minimum Gasteiger partial charge on any atom is -0.337 e. The summed E-state index contributed by atoms with van der Waals surface area (Å²) in [5, 5.41) is 3.29. The van der Waals surface area contributed by atoms with Gasteiger partial charge in [-0.15, -0.1) is 0 Å². The van der Waals surface area contributed by atoms with Crippen molar-refractivity contribution in [2.24, 2.45) is 5.11 Å². The highest BCUT2D eigenvalue weighted by molar-refractivity contribution is 5.77. The van der Waals surface area contributed by atoms with Gasteiger partial charge in [0.05, 0.1) is 6.67 Å². The first kappa shape index (κ1) is 6.89. The first-order valence-electron chi connectivity index (χ1n) is 3.13. The van der Waals surface area contributed by atoms with Crippen molar-refractivity contribution in [2.45, 2.75) is 12.8 Å². The number of rotatable bonds is 2. The summed E-state index contributed by atoms with van der Waals surface area (Å²) in [7, 11) is 0. The second-order valence-electron chi connectivity index (χ2n) is 2.13. The van der Waals surface area contributed by atoms with Crippen LogP contribution in [-0.4, -0.2) is 24.0 Å². The van der Waals surface area contributed by atoms with E-state index in [0.717, 1.165) is 13.0 Å². The molecule has 0 unspecified atom stereocenters. The average Bonchev–Trinajstić information content (AvgIpc) is 2.31. The summed E-state index contributed by atoms with van der Waals surface area (Å²) >= 11 is 0. The van der Waals surface area contributed by atoms with Gasteiger partial charge in [-0.3, -0.25) is 4.79 Å². The summed E-state index contributed by atoms with van der Waals surface area (Å²) in [6.07, 6.45) is 1.49. The van der Waals surface area contributed by atoms with Crippen LogP contribution < -0.4 is 0 Å². The van der Waals surface area contributed by atoms with Crippen LogP contribution in [0.4, 0.5) is 0 Å². The average molecular weight is 140 g/mol. The largest absolute Gasteiger partial charge is 0.337 e. The molecule has 0 radical (unpaired) electrons. The van der Waals surface area contributed by atoms with Crippen molar-refractivity contribution < 1.29 is 4.79 Å². The molecule has 0 aromatic carbocycles. The van der Waals surface area contributed by atoms with Crippen LogP contribution in [-0.2, 0) is 4.79 Å². The van der Waals surface area contributed by atoms with Gasteiger partial charge in [-0.1, -0.05) is 5.11 Å². The fourth-order valence-electron chi connectivity index (χ4n) is 0.958. The zero-order valence-electron chi connectivity index (χ0n) is 5.53. The van der Waals surface area contributed by atoms with Crippen LogP contribution >= 0.6 is 0 Å². The van der Waals surface area contributed by atoms with E-state index in [2.05, 4.69) is 10.0 Å². The molecule has 5 nitrogen and oxygen atoms in total. The predicted molar refractivity (Wildman–Crippen MR) is 35.0 cm³/mol. The third-order valence-electron chi connectivity index (χ3n) is 1.47. The maximum Gasteiger partial charge on any atom is 0.222 e. The van der Waals surface area contributed by atoms with Gasteiger partial charge in [0.25, 0.3) is 0 Å². The first-order chi connectivity index (χ1) is 4.84. The van der Waals surface area contributed by atoms with Gasteiger partial charge < -0.3 is 4.90 Å². The third-order valence-corrected chi connectivity index (χ3v) is 1.47. The van der Waals surface area contributed by atoms with E-state index in [4.69, 9.17) is 5.53 Å². The lowest BCUT2D eigenvalue weighted by atomic mass is 10.4. The lowest BCUT2D eigenvalue weighted by molar-refractivity contribution is -0.127. The lowest BCUT2D eigenvalue weighted by Gasteiger charge is -2.09. The maximum absolute atomic E-state index is 10.8. The predicted octanol–water partition coefficient (Wildman–Crippen LogP) is 0.877. The van der Waals surface area contributed by atoms with Crippen LogP contribution in [0.15, 0.2) is 5.11 Å². The molecule has 0 saturated carbocycles. The Bertz CT molecular complexity index is 184. The van der Waals surface area contributed by atoms with E-state index in [-0.39, 0.29) is 12.6 Å². The van der Waals surface area contributed by atoms with E-state index >= 15 is 0 Å². The molecule has 0 aromatic heterocycles. The van der Waals surface area contributed by atoms with Crippen molar-refractivity contribution in [1.29, 1.82) is 0 Å². The lowest BCUT2D eigenvalue weighted by Crippen LogP contribution is -2.23. The number of hydrogen-bond acceptors (Lipinski definition) is 2. The molecule has 1 saturated heterocycles. The van der Waals surface area contributed by atoms with Crippen molar-refractivity contribution in [3.05, 3.63) is 10.4 Å². The summed E-state index contributed by atoms with van der Waals surface area (Å²) in [5.41, 5.74) is 7.93. The molecule has 1 rings (SSSR count). The monoisotopic (exact) mass is 140 g/mol. The number of carbonyl (C=O) groups excluding carboxylic acids is 1. The van der Waals surface area contributed by atoms with E-state index in [9.17, 15) is 4.79 Å². The van der Waals surface area contributed by atoms with Gasteiger partial charge in [0.2, 0.25) is 5.91 Å². The van der Waals surface area contributed by atoms with Crippen LogP contribution in [0.25, 0.3) is 10.4 Å². The Labute approximate surface area is 58.2 Å². The molecule has 1 heterocycles. The van der Waals surface area contributed by atoms with Gasteiger partial charge in [-0.25, -0.2) is 0 Å². The molecule has 5 heteroatoms. The Morgan fingerprint density at radius 2 is 2.60 bits per heavy atom. The molecule has 0 atom stereocenters. The molecule has 1 aliphatic rings. The van der Waals surface area contributed by atoms with Crippen molar-refractivity contribution in [3.63, 3.8) is 0 Å². The number of likely N-dealkylation sites (tertiary alicyclic amines) is 1. The summed E-state index contributed by atoms with van der Waals surface area (Å²) in [5.74, 6) is 0.0902. The molecule has 54 valence electrons. The highest BCUT2D eigenvalue weighted by atomic mass is 16.2. The molecular formula is C5H8N4O. The van der Waals surface area contributed by atoms with Gasteiger partial charge in [0.1, 0.15) is 0 Å². The van der Waals surface area contributed by atoms with E-state index in [0.29, 0.717) is 6.42 Å². The standard InChI is InChI=1S/C5H8N4O/c6-8-7-4-9-3-1-2-5(9)10/h1-4H2. The van der Waals surface area contributed by atoms with Crippen LogP contribution in [0.1, 0.15) is 12.8 Å². The Balaban J connectivity index is 2.40.